The second kappa shape index (κ2) is 12.1. The van der Waals surface area contributed by atoms with E-state index in [-0.39, 0.29) is 5.91 Å². The first-order valence-corrected chi connectivity index (χ1v) is 13.1. The summed E-state index contributed by atoms with van der Waals surface area (Å²) < 4.78 is 11.8. The number of esters is 1. The third kappa shape index (κ3) is 6.25. The Kier molecular flexibility index (Phi) is 8.61. The molecule has 0 N–H and O–H groups in total. The molecule has 0 unspecified atom stereocenters. The zero-order chi connectivity index (χ0) is 25.5. The quantitative estimate of drug-likeness (QED) is 0.221. The maximum atomic E-state index is 13.1. The molecular weight excluding hydrogens is 540 g/mol. The molecule has 0 atom stereocenters. The number of rotatable bonds is 8. The van der Waals surface area contributed by atoms with E-state index in [0.717, 1.165) is 21.3 Å². The highest BCUT2D eigenvalue weighted by atomic mass is 79.9. The molecule has 0 aromatic heterocycles. The molecule has 1 heterocycles. The number of carbonyl (C=O) groups is 2. The van der Waals surface area contributed by atoms with Crippen molar-refractivity contribution >= 4 is 56.5 Å². The average molecular weight is 565 g/mol. The van der Waals surface area contributed by atoms with Gasteiger partial charge in [-0.2, -0.15) is 0 Å². The highest BCUT2D eigenvalue weighted by Crippen LogP contribution is 2.35. The number of halogens is 1. The third-order valence-corrected chi connectivity index (χ3v) is 6.90. The van der Waals surface area contributed by atoms with Crippen LogP contribution in [0, 0.1) is 0 Å². The van der Waals surface area contributed by atoms with Gasteiger partial charge in [-0.1, -0.05) is 42.5 Å². The van der Waals surface area contributed by atoms with Crippen LogP contribution in [0.2, 0.25) is 0 Å². The monoisotopic (exact) mass is 564 g/mol. The summed E-state index contributed by atoms with van der Waals surface area (Å²) >= 11 is 4.89. The van der Waals surface area contributed by atoms with Gasteiger partial charge in [0.1, 0.15) is 12.4 Å². The molecule has 1 aliphatic heterocycles. The Balaban J connectivity index is 1.52. The molecule has 6 nitrogen and oxygen atoms in total. The number of thioether (sulfide) groups is 1. The van der Waals surface area contributed by atoms with Crippen molar-refractivity contribution in [1.29, 1.82) is 0 Å². The molecule has 0 radical (unpaired) electrons. The molecule has 4 rings (SSSR count). The first-order chi connectivity index (χ1) is 17.5. The number of amidine groups is 1. The van der Waals surface area contributed by atoms with Gasteiger partial charge >= 0.3 is 5.97 Å². The SMILES string of the molecule is CCOC(=O)c1cccc(N=C2SC(=Cc3ccc(OCc4ccccc4)c(Br)c3)C(=O)N2CC)c1. The van der Waals surface area contributed by atoms with Gasteiger partial charge in [-0.25, -0.2) is 9.79 Å². The van der Waals surface area contributed by atoms with E-state index in [1.165, 1.54) is 11.8 Å². The standard InChI is InChI=1S/C28H25BrN2O4S/c1-3-31-26(32)25(36-28(31)30-22-12-8-11-21(17-22)27(33)34-4-2)16-20-13-14-24(23(29)15-20)35-18-19-9-6-5-7-10-19/h5-17H,3-4,18H2,1-2H3. The van der Waals surface area contributed by atoms with E-state index in [4.69, 9.17) is 9.47 Å². The van der Waals surface area contributed by atoms with Crippen molar-refractivity contribution < 1.29 is 19.1 Å². The van der Waals surface area contributed by atoms with Crippen LogP contribution in [0.4, 0.5) is 5.69 Å². The number of benzene rings is 3. The molecular formula is C28H25BrN2O4S. The summed E-state index contributed by atoms with van der Waals surface area (Å²) in [5.41, 5.74) is 2.96. The van der Waals surface area contributed by atoms with Crippen LogP contribution in [-0.2, 0) is 16.1 Å². The Labute approximate surface area is 223 Å². The highest BCUT2D eigenvalue weighted by molar-refractivity contribution is 9.10. The molecule has 0 bridgehead atoms. The van der Waals surface area contributed by atoms with Crippen LogP contribution >= 0.6 is 27.7 Å². The van der Waals surface area contributed by atoms with Gasteiger partial charge < -0.3 is 9.47 Å². The Morgan fingerprint density at radius 3 is 2.58 bits per heavy atom. The van der Waals surface area contributed by atoms with Gasteiger partial charge in [0.15, 0.2) is 5.17 Å². The van der Waals surface area contributed by atoms with E-state index >= 15 is 0 Å². The normalized spacial score (nSPS) is 15.5. The molecule has 1 amide bonds. The van der Waals surface area contributed by atoms with Crippen molar-refractivity contribution in [3.05, 3.63) is 98.9 Å². The lowest BCUT2D eigenvalue weighted by atomic mass is 10.2. The van der Waals surface area contributed by atoms with Crippen LogP contribution in [0.5, 0.6) is 5.75 Å². The fourth-order valence-corrected chi connectivity index (χ4v) is 5.08. The number of carbonyl (C=O) groups excluding carboxylic acids is 2. The van der Waals surface area contributed by atoms with Crippen LogP contribution in [0.1, 0.15) is 35.3 Å². The zero-order valence-electron chi connectivity index (χ0n) is 19.9. The van der Waals surface area contributed by atoms with Gasteiger partial charge in [0.2, 0.25) is 0 Å². The molecule has 184 valence electrons. The Morgan fingerprint density at radius 1 is 1.06 bits per heavy atom. The molecule has 1 saturated heterocycles. The van der Waals surface area contributed by atoms with Crippen LogP contribution in [-0.4, -0.2) is 35.1 Å². The summed E-state index contributed by atoms with van der Waals surface area (Å²) in [7, 11) is 0. The topological polar surface area (TPSA) is 68.2 Å². The molecule has 0 spiro atoms. The van der Waals surface area contributed by atoms with Gasteiger partial charge in [-0.3, -0.25) is 9.69 Å². The van der Waals surface area contributed by atoms with E-state index < -0.39 is 5.97 Å². The summed E-state index contributed by atoms with van der Waals surface area (Å²) in [6.07, 6.45) is 1.85. The number of aliphatic imine (C=N–C) groups is 1. The van der Waals surface area contributed by atoms with Crippen molar-refractivity contribution in [2.75, 3.05) is 13.2 Å². The predicted octanol–water partition coefficient (Wildman–Crippen LogP) is 6.83. The number of ether oxygens (including phenoxy) is 2. The van der Waals surface area contributed by atoms with Gasteiger partial charge in [-0.15, -0.1) is 0 Å². The number of amides is 1. The molecule has 1 fully saturated rings. The number of hydrogen-bond acceptors (Lipinski definition) is 6. The van der Waals surface area contributed by atoms with Crippen molar-refractivity contribution in [2.45, 2.75) is 20.5 Å². The lowest BCUT2D eigenvalue weighted by Crippen LogP contribution is -2.28. The van der Waals surface area contributed by atoms with E-state index in [2.05, 4.69) is 20.9 Å². The number of nitrogens with zero attached hydrogens (tertiary/aromatic N) is 2. The second-order valence-corrected chi connectivity index (χ2v) is 9.65. The van der Waals surface area contributed by atoms with Crippen LogP contribution < -0.4 is 4.74 Å². The van der Waals surface area contributed by atoms with Crippen LogP contribution in [0.3, 0.4) is 0 Å². The fourth-order valence-electron chi connectivity index (χ4n) is 3.51. The number of likely N-dealkylation sites (N-methyl/N-ethyl adjacent to an activating group) is 1. The van der Waals surface area contributed by atoms with Gasteiger partial charge in [0.25, 0.3) is 5.91 Å². The van der Waals surface area contributed by atoms with Crippen molar-refractivity contribution in [2.24, 2.45) is 4.99 Å². The summed E-state index contributed by atoms with van der Waals surface area (Å²) in [6.45, 7) is 4.92. The molecule has 1 aliphatic rings. The fraction of sp³-hybridized carbons (Fsp3) is 0.179. The first kappa shape index (κ1) is 25.7. The molecule has 36 heavy (non-hydrogen) atoms. The summed E-state index contributed by atoms with van der Waals surface area (Å²) in [6, 6.07) is 22.6. The molecule has 8 heteroatoms. The van der Waals surface area contributed by atoms with Gasteiger partial charge in [0, 0.05) is 6.54 Å². The van der Waals surface area contributed by atoms with E-state index in [0.29, 0.717) is 41.1 Å². The minimum absolute atomic E-state index is 0.108. The number of hydrogen-bond donors (Lipinski definition) is 0. The van der Waals surface area contributed by atoms with Gasteiger partial charge in [0.05, 0.1) is 27.2 Å². The van der Waals surface area contributed by atoms with Crippen LogP contribution in [0.15, 0.2) is 87.2 Å². The maximum Gasteiger partial charge on any atom is 0.338 e. The van der Waals surface area contributed by atoms with Crippen molar-refractivity contribution in [3.8, 4) is 5.75 Å². The minimum Gasteiger partial charge on any atom is -0.488 e. The van der Waals surface area contributed by atoms with Crippen molar-refractivity contribution in [1.82, 2.24) is 4.90 Å². The average Bonchev–Trinajstić information content (AvgIpc) is 3.17. The van der Waals surface area contributed by atoms with E-state index in [1.807, 2.05) is 61.5 Å². The Hall–Kier alpha value is -3.36. The second-order valence-electron chi connectivity index (χ2n) is 7.79. The largest absolute Gasteiger partial charge is 0.488 e. The lowest BCUT2D eigenvalue weighted by Gasteiger charge is -2.12. The van der Waals surface area contributed by atoms with E-state index in [1.54, 1.807) is 36.1 Å². The predicted molar refractivity (Wildman–Crippen MR) is 147 cm³/mol. The smallest absolute Gasteiger partial charge is 0.338 e. The Bertz CT molecular complexity index is 1320. The first-order valence-electron chi connectivity index (χ1n) is 11.5. The molecule has 0 saturated carbocycles. The third-order valence-electron chi connectivity index (χ3n) is 5.28. The zero-order valence-corrected chi connectivity index (χ0v) is 22.3. The summed E-state index contributed by atoms with van der Waals surface area (Å²) in [5.74, 6) is 0.220. The van der Waals surface area contributed by atoms with Crippen LogP contribution in [0.25, 0.3) is 6.08 Å². The Morgan fingerprint density at radius 2 is 1.86 bits per heavy atom. The van der Waals surface area contributed by atoms with Gasteiger partial charge in [-0.05, 0) is 89.1 Å². The summed E-state index contributed by atoms with van der Waals surface area (Å²) in [4.78, 5) is 32.0. The molecule has 3 aromatic carbocycles. The maximum absolute atomic E-state index is 13.1. The molecule has 0 aliphatic carbocycles. The highest BCUT2D eigenvalue weighted by Gasteiger charge is 2.32. The minimum atomic E-state index is -0.399. The van der Waals surface area contributed by atoms with E-state index in [9.17, 15) is 9.59 Å². The lowest BCUT2D eigenvalue weighted by molar-refractivity contribution is -0.122. The summed E-state index contributed by atoms with van der Waals surface area (Å²) in [5, 5.41) is 0.566. The molecule has 3 aromatic rings. The van der Waals surface area contributed by atoms with Crippen molar-refractivity contribution in [3.63, 3.8) is 0 Å².